The van der Waals surface area contributed by atoms with Gasteiger partial charge < -0.3 is 25.2 Å². The average molecular weight is 587 g/mol. The molecule has 6 nitrogen and oxygen atoms in total. The molecule has 6 rings (SSSR count). The van der Waals surface area contributed by atoms with Crippen LogP contribution in [0.4, 0.5) is 0 Å². The van der Waals surface area contributed by atoms with Crippen molar-refractivity contribution in [1.82, 2.24) is 0 Å². The third-order valence-electron chi connectivity index (χ3n) is 15.2. The van der Waals surface area contributed by atoms with E-state index in [1.165, 1.54) is 5.57 Å². The zero-order chi connectivity index (χ0) is 30.8. The summed E-state index contributed by atoms with van der Waals surface area (Å²) < 4.78 is 6.10. The molecule has 1 saturated heterocycles. The molecule has 6 aliphatic rings. The van der Waals surface area contributed by atoms with Crippen molar-refractivity contribution < 1.29 is 30.0 Å². The minimum absolute atomic E-state index is 0.00810. The lowest BCUT2D eigenvalue weighted by Gasteiger charge is -2.71. The van der Waals surface area contributed by atoms with Crippen molar-refractivity contribution >= 4 is 5.78 Å². The van der Waals surface area contributed by atoms with Gasteiger partial charge >= 0.3 is 0 Å². The van der Waals surface area contributed by atoms with E-state index in [2.05, 4.69) is 54.5 Å². The maximum absolute atomic E-state index is 13.1. The van der Waals surface area contributed by atoms with E-state index in [0.29, 0.717) is 24.0 Å². The molecule has 0 aromatic heterocycles. The lowest BCUT2D eigenvalue weighted by atomic mass is 9.33. The molecule has 4 N–H and O–H groups in total. The molecular formula is C36H58O6. The first-order chi connectivity index (χ1) is 19.4. The molecule has 1 heterocycles. The fourth-order valence-corrected chi connectivity index (χ4v) is 12.3. The maximum atomic E-state index is 13.1. The van der Waals surface area contributed by atoms with E-state index in [9.17, 15) is 25.2 Å². The number of allylic oxidation sites excluding steroid dienone is 2. The van der Waals surface area contributed by atoms with Gasteiger partial charge in [0.1, 0.15) is 30.2 Å². The number of aliphatic hydroxyl groups excluding tert-OH is 4. The van der Waals surface area contributed by atoms with Crippen LogP contribution in [-0.2, 0) is 9.53 Å². The Morgan fingerprint density at radius 1 is 0.857 bits per heavy atom. The molecule has 0 radical (unpaired) electrons. The number of hydrogen-bond acceptors (Lipinski definition) is 6. The number of rotatable bonds is 2. The van der Waals surface area contributed by atoms with E-state index in [1.54, 1.807) is 6.92 Å². The van der Waals surface area contributed by atoms with Crippen molar-refractivity contribution in [2.45, 2.75) is 156 Å². The van der Waals surface area contributed by atoms with Crippen LogP contribution in [0.1, 0.15) is 120 Å². The van der Waals surface area contributed by atoms with Gasteiger partial charge in [0.05, 0.1) is 12.2 Å². The Bertz CT molecular complexity index is 1140. The predicted octanol–water partition coefficient (Wildman–Crippen LogP) is 5.59. The van der Waals surface area contributed by atoms with Gasteiger partial charge in [-0.1, -0.05) is 60.1 Å². The number of ether oxygens (including phenoxy) is 1. The SMILES string of the molecule is CC1O[C@@H](C(O)[C@]23CCC(C)(C)CC2C2=CCC4[C@@]5(C)CCC(=O)C(C)(C)C5CC[C@@]4(C)[C@]2(C)CC3)C(O)[C@@H](O)[C@H]1O. The van der Waals surface area contributed by atoms with Gasteiger partial charge in [0, 0.05) is 17.3 Å². The Labute approximate surface area is 253 Å². The topological polar surface area (TPSA) is 107 Å². The highest BCUT2D eigenvalue weighted by Gasteiger charge is 2.69. The summed E-state index contributed by atoms with van der Waals surface area (Å²) in [7, 11) is 0. The molecule has 238 valence electrons. The lowest BCUT2D eigenvalue weighted by Crippen LogP contribution is -2.67. The van der Waals surface area contributed by atoms with Crippen molar-refractivity contribution in [2.75, 3.05) is 0 Å². The van der Waals surface area contributed by atoms with Crippen LogP contribution in [0.5, 0.6) is 0 Å². The number of carbonyl (C=O) groups is 1. The summed E-state index contributed by atoms with van der Waals surface area (Å²) in [6.07, 6.45) is 5.77. The summed E-state index contributed by atoms with van der Waals surface area (Å²) in [5.74, 6) is 1.53. The summed E-state index contributed by atoms with van der Waals surface area (Å²) in [6.45, 7) is 18.4. The third-order valence-corrected chi connectivity index (χ3v) is 15.2. The van der Waals surface area contributed by atoms with Gasteiger partial charge in [-0.15, -0.1) is 0 Å². The molecule has 0 bridgehead atoms. The van der Waals surface area contributed by atoms with Crippen LogP contribution < -0.4 is 0 Å². The van der Waals surface area contributed by atoms with E-state index in [-0.39, 0.29) is 33.0 Å². The van der Waals surface area contributed by atoms with Gasteiger partial charge in [-0.25, -0.2) is 0 Å². The van der Waals surface area contributed by atoms with Crippen LogP contribution in [0.25, 0.3) is 0 Å². The van der Waals surface area contributed by atoms with Crippen LogP contribution in [0, 0.1) is 50.2 Å². The van der Waals surface area contributed by atoms with Crippen molar-refractivity contribution in [2.24, 2.45) is 50.2 Å². The number of ketones is 1. The predicted molar refractivity (Wildman–Crippen MR) is 162 cm³/mol. The zero-order valence-corrected chi connectivity index (χ0v) is 27.4. The second-order valence-corrected chi connectivity index (χ2v) is 17.8. The minimum Gasteiger partial charge on any atom is -0.390 e. The lowest BCUT2D eigenvalue weighted by molar-refractivity contribution is -0.264. The normalized spacial score (nSPS) is 54.0. The monoisotopic (exact) mass is 586 g/mol. The minimum atomic E-state index is -1.34. The third kappa shape index (κ3) is 3.96. The first-order valence-electron chi connectivity index (χ1n) is 17.0. The fraction of sp³-hybridized carbons (Fsp3) is 0.917. The Hall–Kier alpha value is -0.790. The van der Waals surface area contributed by atoms with Gasteiger partial charge in [0.25, 0.3) is 0 Å². The van der Waals surface area contributed by atoms with Gasteiger partial charge in [0.2, 0.25) is 0 Å². The highest BCUT2D eigenvalue weighted by molar-refractivity contribution is 5.85. The highest BCUT2D eigenvalue weighted by atomic mass is 16.5. The fourth-order valence-electron chi connectivity index (χ4n) is 12.3. The first kappa shape index (κ1) is 31.2. The van der Waals surface area contributed by atoms with Gasteiger partial charge in [-0.05, 0) is 104 Å². The van der Waals surface area contributed by atoms with Crippen molar-refractivity contribution in [1.29, 1.82) is 0 Å². The first-order valence-corrected chi connectivity index (χ1v) is 17.0. The van der Waals surface area contributed by atoms with Gasteiger partial charge in [-0.2, -0.15) is 0 Å². The van der Waals surface area contributed by atoms with Crippen LogP contribution in [0.2, 0.25) is 0 Å². The van der Waals surface area contributed by atoms with Crippen molar-refractivity contribution in [3.05, 3.63) is 11.6 Å². The molecule has 13 atom stereocenters. The number of Topliss-reactive ketones (excluding diaryl/α,β-unsaturated/α-hetero) is 1. The smallest absolute Gasteiger partial charge is 0.138 e. The number of hydrogen-bond donors (Lipinski definition) is 4. The summed E-state index contributed by atoms with van der Waals surface area (Å²) >= 11 is 0. The van der Waals surface area contributed by atoms with Crippen LogP contribution >= 0.6 is 0 Å². The van der Waals surface area contributed by atoms with Crippen molar-refractivity contribution in [3.8, 4) is 0 Å². The Balaban J connectivity index is 1.41. The second kappa shape index (κ2) is 9.61. The van der Waals surface area contributed by atoms with E-state index in [4.69, 9.17) is 4.74 Å². The molecule has 1 aliphatic heterocycles. The molecule has 5 fully saturated rings. The molecule has 4 saturated carbocycles. The molecule has 0 spiro atoms. The van der Waals surface area contributed by atoms with Gasteiger partial charge in [0.15, 0.2) is 0 Å². The number of carbonyl (C=O) groups excluding carboxylic acids is 1. The highest BCUT2D eigenvalue weighted by Crippen LogP contribution is 2.76. The van der Waals surface area contributed by atoms with E-state index >= 15 is 0 Å². The molecule has 0 amide bonds. The van der Waals surface area contributed by atoms with E-state index in [1.807, 2.05) is 0 Å². The Morgan fingerprint density at radius 3 is 2.21 bits per heavy atom. The summed E-state index contributed by atoms with van der Waals surface area (Å²) in [4.78, 5) is 13.1. The molecule has 6 unspecified atom stereocenters. The Morgan fingerprint density at radius 2 is 1.52 bits per heavy atom. The zero-order valence-electron chi connectivity index (χ0n) is 27.4. The molecule has 0 aromatic rings. The second-order valence-electron chi connectivity index (χ2n) is 17.8. The molecule has 5 aliphatic carbocycles. The quantitative estimate of drug-likeness (QED) is 0.315. The summed E-state index contributed by atoms with van der Waals surface area (Å²) in [6, 6.07) is 0. The largest absolute Gasteiger partial charge is 0.390 e. The summed E-state index contributed by atoms with van der Waals surface area (Å²) in [5.41, 5.74) is 1.15. The summed E-state index contributed by atoms with van der Waals surface area (Å²) in [5, 5.41) is 44.3. The maximum Gasteiger partial charge on any atom is 0.138 e. The molecular weight excluding hydrogens is 528 g/mol. The van der Waals surface area contributed by atoms with E-state index in [0.717, 1.165) is 57.8 Å². The van der Waals surface area contributed by atoms with Crippen LogP contribution in [0.3, 0.4) is 0 Å². The van der Waals surface area contributed by atoms with Crippen molar-refractivity contribution in [3.63, 3.8) is 0 Å². The van der Waals surface area contributed by atoms with Crippen LogP contribution in [0.15, 0.2) is 11.6 Å². The molecule has 6 heteroatoms. The average Bonchev–Trinajstić information content (AvgIpc) is 2.91. The number of aliphatic hydroxyl groups is 4. The van der Waals surface area contributed by atoms with Crippen LogP contribution in [-0.4, -0.2) is 62.8 Å². The standard InChI is InChI=1S/C36H58O6/c1-20-26(38)27(39)28(40)29(42-20)30(41)36-17-15-31(2,3)19-22(36)21-9-10-24-33(6)13-12-25(37)32(4,5)23(33)11-14-35(24,8)34(21,7)16-18-36/h9,20,22-24,26-30,38-41H,10-19H2,1-8H3/t20?,22?,23?,24?,26-,27-,28?,29+,30?,33-,34+,35+,36-/m0/s1. The number of fused-ring (bicyclic) bond motifs is 7. The van der Waals surface area contributed by atoms with Gasteiger partial charge in [-0.3, -0.25) is 4.79 Å². The van der Waals surface area contributed by atoms with E-state index < -0.39 is 42.0 Å². The molecule has 42 heavy (non-hydrogen) atoms. The molecule has 0 aromatic carbocycles. The Kier molecular flexibility index (Phi) is 7.14.